The lowest BCUT2D eigenvalue weighted by Crippen LogP contribution is -2.71. The summed E-state index contributed by atoms with van der Waals surface area (Å²) in [7, 11) is 0. The van der Waals surface area contributed by atoms with E-state index in [1.807, 2.05) is 6.07 Å². The first kappa shape index (κ1) is 19.3. The molecule has 4 aliphatic rings. The van der Waals surface area contributed by atoms with Gasteiger partial charge in [0.15, 0.2) is 0 Å². The van der Waals surface area contributed by atoms with Crippen LogP contribution >= 0.6 is 0 Å². The van der Waals surface area contributed by atoms with E-state index in [1.165, 1.54) is 12.3 Å². The molecule has 0 radical (unpaired) electrons. The fraction of sp³-hybridized carbons (Fsp3) is 0.375. The summed E-state index contributed by atoms with van der Waals surface area (Å²) in [6.45, 7) is 1.68. The number of alkyl halides is 3. The molecule has 0 bridgehead atoms. The van der Waals surface area contributed by atoms with Crippen molar-refractivity contribution in [2.24, 2.45) is 0 Å². The maximum atomic E-state index is 13.2. The fourth-order valence-electron chi connectivity index (χ4n) is 5.93. The average Bonchev–Trinajstić information content (AvgIpc) is 3.40. The first-order chi connectivity index (χ1) is 15.8. The highest BCUT2D eigenvalue weighted by molar-refractivity contribution is 6.02. The molecular weight excluding hydrogens is 431 g/mol. The zero-order valence-corrected chi connectivity index (χ0v) is 17.6. The van der Waals surface area contributed by atoms with Crippen molar-refractivity contribution in [1.29, 1.82) is 0 Å². The van der Waals surface area contributed by atoms with Crippen LogP contribution in [0, 0.1) is 0 Å². The summed E-state index contributed by atoms with van der Waals surface area (Å²) in [6.07, 6.45) is 2.01. The van der Waals surface area contributed by atoms with Crippen molar-refractivity contribution in [3.8, 4) is 22.5 Å². The van der Waals surface area contributed by atoms with Crippen LogP contribution in [0.5, 0.6) is 0 Å². The monoisotopic (exact) mass is 451 g/mol. The van der Waals surface area contributed by atoms with E-state index in [1.54, 1.807) is 6.20 Å². The van der Waals surface area contributed by atoms with Crippen LogP contribution in [0.2, 0.25) is 0 Å². The van der Waals surface area contributed by atoms with Gasteiger partial charge in [0.25, 0.3) is 5.91 Å². The largest absolute Gasteiger partial charge is 0.433 e. The molecule has 1 saturated carbocycles. The maximum absolute atomic E-state index is 13.2. The van der Waals surface area contributed by atoms with E-state index in [0.717, 1.165) is 78.5 Å². The summed E-state index contributed by atoms with van der Waals surface area (Å²) in [6, 6.07) is 4.27. The van der Waals surface area contributed by atoms with Crippen LogP contribution in [0.25, 0.3) is 22.5 Å². The molecule has 5 heterocycles. The molecule has 2 aliphatic heterocycles. The van der Waals surface area contributed by atoms with Gasteiger partial charge < -0.3 is 15.6 Å². The minimum Gasteiger partial charge on any atom is -0.357 e. The second kappa shape index (κ2) is 6.02. The zero-order chi connectivity index (χ0) is 22.6. The lowest BCUT2D eigenvalue weighted by atomic mass is 9.66. The van der Waals surface area contributed by atoms with E-state index >= 15 is 0 Å². The van der Waals surface area contributed by atoms with Gasteiger partial charge in [0.1, 0.15) is 5.69 Å². The van der Waals surface area contributed by atoms with Crippen LogP contribution in [-0.2, 0) is 24.4 Å². The second-order valence-electron chi connectivity index (χ2n) is 9.61. The van der Waals surface area contributed by atoms with Gasteiger partial charge in [-0.05, 0) is 55.0 Å². The van der Waals surface area contributed by atoms with Crippen molar-refractivity contribution in [3.05, 3.63) is 58.7 Å². The summed E-state index contributed by atoms with van der Waals surface area (Å²) < 4.78 is 38.7. The molecule has 3 aromatic heterocycles. The topological polar surface area (TPSA) is 82.7 Å². The number of hydrogen-bond donors (Lipinski definition) is 3. The number of pyridine rings is 2. The molecule has 2 aliphatic carbocycles. The van der Waals surface area contributed by atoms with Crippen LogP contribution in [0.4, 0.5) is 13.2 Å². The molecule has 6 nitrogen and oxygen atoms in total. The zero-order valence-electron chi connectivity index (χ0n) is 17.6. The summed E-state index contributed by atoms with van der Waals surface area (Å²) >= 11 is 0. The highest BCUT2D eigenvalue weighted by Gasteiger charge is 2.67. The molecule has 0 atom stereocenters. The Morgan fingerprint density at radius 1 is 1.03 bits per heavy atom. The molecule has 3 N–H and O–H groups in total. The Kier molecular flexibility index (Phi) is 3.52. The first-order valence-corrected chi connectivity index (χ1v) is 11.1. The SMILES string of the molecule is O=C1NC2(CC2)C2(CNC2)c2[nH]c3c(c21)CCc1cnc(-c2ccc(C(F)(F)F)nc2)cc1-3. The van der Waals surface area contributed by atoms with Crippen molar-refractivity contribution in [2.75, 3.05) is 13.1 Å². The number of aryl methyl sites for hydroxylation is 1. The third-order valence-corrected chi connectivity index (χ3v) is 7.93. The molecule has 2 fully saturated rings. The summed E-state index contributed by atoms with van der Waals surface area (Å²) in [5.74, 6) is 0.00203. The standard InChI is InChI=1S/C24H20F3N5O/c25-24(26,27)17-4-2-13(9-30-17)16-7-15-12(8-29-16)1-3-14-18-20(31-19(14)15)22(10-28-11-22)23(5-6-23)32-21(18)33/h2,4,7-9,28,31H,1,3,5-6,10-11H2,(H,32,33). The number of carbonyl (C=O) groups excluding carboxylic acids is 1. The van der Waals surface area contributed by atoms with Crippen LogP contribution in [0.1, 0.15) is 45.7 Å². The van der Waals surface area contributed by atoms with Gasteiger partial charge in [0.2, 0.25) is 0 Å². The number of fused-ring (bicyclic) bond motifs is 7. The normalized spacial score (nSPS) is 21.1. The summed E-state index contributed by atoms with van der Waals surface area (Å²) in [5.41, 5.74) is 5.70. The molecular formula is C24H20F3N5O. The summed E-state index contributed by atoms with van der Waals surface area (Å²) in [5, 5.41) is 6.72. The van der Waals surface area contributed by atoms with Gasteiger partial charge in [-0.25, -0.2) is 0 Å². The number of aromatic nitrogens is 3. The number of nitrogens with zero attached hydrogens (tertiary/aromatic N) is 2. The first-order valence-electron chi connectivity index (χ1n) is 11.1. The molecule has 3 aromatic rings. The van der Waals surface area contributed by atoms with Crippen LogP contribution in [0.15, 0.2) is 30.6 Å². The third kappa shape index (κ3) is 2.45. The van der Waals surface area contributed by atoms with Gasteiger partial charge in [-0.15, -0.1) is 0 Å². The molecule has 7 rings (SSSR count). The molecule has 168 valence electrons. The van der Waals surface area contributed by atoms with Gasteiger partial charge >= 0.3 is 6.18 Å². The highest BCUT2D eigenvalue weighted by atomic mass is 19.4. The van der Waals surface area contributed by atoms with Crippen molar-refractivity contribution in [3.63, 3.8) is 0 Å². The lowest BCUT2D eigenvalue weighted by Gasteiger charge is -2.51. The number of hydrogen-bond acceptors (Lipinski definition) is 4. The Bertz CT molecular complexity index is 1330. The van der Waals surface area contributed by atoms with Crippen molar-refractivity contribution in [1.82, 2.24) is 25.6 Å². The van der Waals surface area contributed by atoms with Gasteiger partial charge in [-0.2, -0.15) is 13.2 Å². The lowest BCUT2D eigenvalue weighted by molar-refractivity contribution is -0.141. The van der Waals surface area contributed by atoms with Crippen molar-refractivity contribution >= 4 is 5.91 Å². The number of carbonyl (C=O) groups is 1. The van der Waals surface area contributed by atoms with E-state index in [0.29, 0.717) is 11.3 Å². The van der Waals surface area contributed by atoms with E-state index in [-0.39, 0.29) is 16.9 Å². The van der Waals surface area contributed by atoms with Gasteiger partial charge in [-0.3, -0.25) is 14.8 Å². The van der Waals surface area contributed by atoms with E-state index in [4.69, 9.17) is 0 Å². The summed E-state index contributed by atoms with van der Waals surface area (Å²) in [4.78, 5) is 24.9. The Labute approximate surface area is 187 Å². The Morgan fingerprint density at radius 2 is 1.85 bits per heavy atom. The molecule has 0 aromatic carbocycles. The fourth-order valence-corrected chi connectivity index (χ4v) is 5.93. The predicted molar refractivity (Wildman–Crippen MR) is 114 cm³/mol. The highest BCUT2D eigenvalue weighted by Crippen LogP contribution is 2.57. The number of H-pyrrole nitrogens is 1. The van der Waals surface area contributed by atoms with E-state index in [9.17, 15) is 18.0 Å². The molecule has 33 heavy (non-hydrogen) atoms. The van der Waals surface area contributed by atoms with Crippen LogP contribution < -0.4 is 10.6 Å². The van der Waals surface area contributed by atoms with Crippen molar-refractivity contribution in [2.45, 2.75) is 42.8 Å². The molecule has 0 unspecified atom stereocenters. The minimum atomic E-state index is -4.48. The molecule has 1 amide bonds. The Hall–Kier alpha value is -3.20. The maximum Gasteiger partial charge on any atom is 0.433 e. The van der Waals surface area contributed by atoms with Gasteiger partial charge in [0.05, 0.1) is 27.9 Å². The number of halogens is 3. The average molecular weight is 451 g/mol. The van der Waals surface area contributed by atoms with Gasteiger partial charge in [0, 0.05) is 42.3 Å². The third-order valence-electron chi connectivity index (χ3n) is 7.93. The molecule has 1 saturated heterocycles. The second-order valence-corrected chi connectivity index (χ2v) is 9.61. The van der Waals surface area contributed by atoms with Crippen molar-refractivity contribution < 1.29 is 18.0 Å². The molecule has 9 heteroatoms. The molecule has 2 spiro atoms. The number of nitrogens with one attached hydrogen (secondary N) is 3. The predicted octanol–water partition coefficient (Wildman–Crippen LogP) is 3.37. The smallest absolute Gasteiger partial charge is 0.357 e. The quantitative estimate of drug-likeness (QED) is 0.530. The van der Waals surface area contributed by atoms with Gasteiger partial charge in [-0.1, -0.05) is 0 Å². The minimum absolute atomic E-state index is 0.00203. The Morgan fingerprint density at radius 3 is 2.48 bits per heavy atom. The number of aromatic amines is 1. The Balaban J connectivity index is 1.35. The van der Waals surface area contributed by atoms with Crippen LogP contribution in [0.3, 0.4) is 0 Å². The van der Waals surface area contributed by atoms with E-state index < -0.39 is 11.9 Å². The van der Waals surface area contributed by atoms with E-state index in [2.05, 4.69) is 25.6 Å². The number of rotatable bonds is 1. The number of amides is 1. The van der Waals surface area contributed by atoms with Crippen LogP contribution in [-0.4, -0.2) is 39.5 Å².